The molecule has 47 valence electrons. The highest BCUT2D eigenvalue weighted by Crippen LogP contribution is 2.25. The third-order valence-corrected chi connectivity index (χ3v) is 1.89. The Morgan fingerprint density at radius 1 is 1.75 bits per heavy atom. The smallest absolute Gasteiger partial charge is 0.00415 e. The highest BCUT2D eigenvalue weighted by Gasteiger charge is 2.17. The molecule has 2 N–H and O–H groups in total. The second-order valence-electron chi connectivity index (χ2n) is 2.69. The highest BCUT2D eigenvalue weighted by atomic mass is 14.6. The number of hydrogen-bond acceptors (Lipinski definition) is 1. The molecule has 0 aromatic rings. The molecule has 1 nitrogen and oxygen atoms in total. The van der Waals surface area contributed by atoms with Gasteiger partial charge in [0.25, 0.3) is 0 Å². The molecule has 0 aromatic carbocycles. The summed E-state index contributed by atoms with van der Waals surface area (Å²) in [5, 5.41) is 0. The van der Waals surface area contributed by atoms with E-state index in [2.05, 4.69) is 13.3 Å². The van der Waals surface area contributed by atoms with Crippen molar-refractivity contribution in [3.8, 4) is 0 Å². The molecule has 1 radical (unpaired) electrons. The van der Waals surface area contributed by atoms with E-state index >= 15 is 0 Å². The molecule has 8 heavy (non-hydrogen) atoms. The summed E-state index contributed by atoms with van der Waals surface area (Å²) < 4.78 is 0. The molecule has 0 spiro atoms. The van der Waals surface area contributed by atoms with Gasteiger partial charge in [0.2, 0.25) is 0 Å². The molecule has 1 aliphatic rings. The SMILES string of the molecule is CC(N)C1[CH]CCC1. The summed E-state index contributed by atoms with van der Waals surface area (Å²) in [6, 6.07) is 0.387. The number of nitrogens with two attached hydrogens (primary N) is 1. The van der Waals surface area contributed by atoms with Crippen molar-refractivity contribution in [1.82, 2.24) is 0 Å². The molecule has 1 heteroatoms. The Hall–Kier alpha value is -0.0400. The van der Waals surface area contributed by atoms with Crippen molar-refractivity contribution in [3.05, 3.63) is 6.42 Å². The minimum atomic E-state index is 0.387. The molecule has 2 unspecified atom stereocenters. The molecular formula is C7H14N. The molecule has 0 aromatic heterocycles. The van der Waals surface area contributed by atoms with Gasteiger partial charge in [-0.25, -0.2) is 0 Å². The van der Waals surface area contributed by atoms with Gasteiger partial charge in [-0.2, -0.15) is 0 Å². The third kappa shape index (κ3) is 1.22. The van der Waals surface area contributed by atoms with Crippen LogP contribution in [-0.2, 0) is 0 Å². The monoisotopic (exact) mass is 112 g/mol. The van der Waals surface area contributed by atoms with Crippen molar-refractivity contribution in [3.63, 3.8) is 0 Å². The Labute approximate surface area is 51.3 Å². The molecule has 0 heterocycles. The summed E-state index contributed by atoms with van der Waals surface area (Å²) in [7, 11) is 0. The third-order valence-electron chi connectivity index (χ3n) is 1.89. The van der Waals surface area contributed by atoms with Crippen LogP contribution in [-0.4, -0.2) is 6.04 Å². The summed E-state index contributed by atoms with van der Waals surface area (Å²) in [4.78, 5) is 0. The number of rotatable bonds is 1. The van der Waals surface area contributed by atoms with E-state index in [1.165, 1.54) is 19.3 Å². The van der Waals surface area contributed by atoms with E-state index in [1.54, 1.807) is 0 Å². The fourth-order valence-electron chi connectivity index (χ4n) is 1.28. The maximum absolute atomic E-state index is 5.67. The summed E-state index contributed by atoms with van der Waals surface area (Å²) in [5.41, 5.74) is 5.67. The molecule has 2 atom stereocenters. The Kier molecular flexibility index (Phi) is 1.90. The summed E-state index contributed by atoms with van der Waals surface area (Å²) in [5.74, 6) is 0.718. The second kappa shape index (κ2) is 2.49. The molecule has 1 rings (SSSR count). The van der Waals surface area contributed by atoms with Gasteiger partial charge in [0, 0.05) is 6.04 Å². The van der Waals surface area contributed by atoms with Gasteiger partial charge in [-0.05, 0) is 32.1 Å². The van der Waals surface area contributed by atoms with Crippen LogP contribution in [0.25, 0.3) is 0 Å². The zero-order valence-electron chi connectivity index (χ0n) is 5.43. The predicted molar refractivity (Wildman–Crippen MR) is 35.3 cm³/mol. The fraction of sp³-hybridized carbons (Fsp3) is 0.857. The zero-order valence-corrected chi connectivity index (χ0v) is 5.43. The van der Waals surface area contributed by atoms with Gasteiger partial charge in [0.1, 0.15) is 0 Å². The van der Waals surface area contributed by atoms with Crippen LogP contribution in [0.15, 0.2) is 0 Å². The van der Waals surface area contributed by atoms with E-state index in [4.69, 9.17) is 5.73 Å². The van der Waals surface area contributed by atoms with Gasteiger partial charge in [-0.15, -0.1) is 0 Å². The predicted octanol–water partition coefficient (Wildman–Crippen LogP) is 1.34. The van der Waals surface area contributed by atoms with Crippen molar-refractivity contribution in [2.45, 2.75) is 32.2 Å². The van der Waals surface area contributed by atoms with Crippen LogP contribution < -0.4 is 5.73 Å². The minimum Gasteiger partial charge on any atom is -0.328 e. The fourth-order valence-corrected chi connectivity index (χ4v) is 1.28. The molecule has 0 amide bonds. The maximum atomic E-state index is 5.67. The van der Waals surface area contributed by atoms with Gasteiger partial charge in [0.15, 0.2) is 0 Å². The van der Waals surface area contributed by atoms with E-state index in [9.17, 15) is 0 Å². The Balaban J connectivity index is 2.24. The number of hydrogen-bond donors (Lipinski definition) is 1. The van der Waals surface area contributed by atoms with Crippen LogP contribution in [0, 0.1) is 12.3 Å². The summed E-state index contributed by atoms with van der Waals surface area (Å²) in [6.45, 7) is 2.09. The van der Waals surface area contributed by atoms with Crippen LogP contribution in [0.3, 0.4) is 0 Å². The van der Waals surface area contributed by atoms with Crippen LogP contribution in [0.4, 0.5) is 0 Å². The topological polar surface area (TPSA) is 26.0 Å². The first kappa shape index (κ1) is 6.09. The lowest BCUT2D eigenvalue weighted by Crippen LogP contribution is -2.24. The maximum Gasteiger partial charge on any atom is 0.00415 e. The molecule has 1 fully saturated rings. The molecule has 1 saturated carbocycles. The van der Waals surface area contributed by atoms with Crippen molar-refractivity contribution in [1.29, 1.82) is 0 Å². The van der Waals surface area contributed by atoms with Crippen LogP contribution >= 0.6 is 0 Å². The molecule has 0 bridgehead atoms. The van der Waals surface area contributed by atoms with E-state index in [0.717, 1.165) is 5.92 Å². The Bertz CT molecular complexity index is 62.8. The molecule has 0 saturated heterocycles. The van der Waals surface area contributed by atoms with Crippen molar-refractivity contribution in [2.75, 3.05) is 0 Å². The molecular weight excluding hydrogens is 98.1 g/mol. The van der Waals surface area contributed by atoms with E-state index in [-0.39, 0.29) is 0 Å². The summed E-state index contributed by atoms with van der Waals surface area (Å²) >= 11 is 0. The lowest BCUT2D eigenvalue weighted by atomic mass is 10.0. The average Bonchev–Trinajstić information content (AvgIpc) is 2.12. The van der Waals surface area contributed by atoms with Crippen molar-refractivity contribution in [2.24, 2.45) is 11.7 Å². The lowest BCUT2D eigenvalue weighted by Gasteiger charge is -2.11. The first-order valence-electron chi connectivity index (χ1n) is 3.39. The van der Waals surface area contributed by atoms with Crippen LogP contribution in [0.5, 0.6) is 0 Å². The van der Waals surface area contributed by atoms with Gasteiger partial charge in [-0.3, -0.25) is 0 Å². The van der Waals surface area contributed by atoms with Crippen molar-refractivity contribution < 1.29 is 0 Å². The van der Waals surface area contributed by atoms with Crippen LogP contribution in [0.1, 0.15) is 26.2 Å². The average molecular weight is 112 g/mol. The first-order chi connectivity index (χ1) is 3.80. The van der Waals surface area contributed by atoms with Gasteiger partial charge in [-0.1, -0.05) is 6.42 Å². The largest absolute Gasteiger partial charge is 0.328 e. The first-order valence-corrected chi connectivity index (χ1v) is 3.39. The van der Waals surface area contributed by atoms with E-state index in [1.807, 2.05) is 0 Å². The normalized spacial score (nSPS) is 26.2. The molecule has 0 aliphatic heterocycles. The van der Waals surface area contributed by atoms with E-state index < -0.39 is 0 Å². The molecule has 1 aliphatic carbocycles. The van der Waals surface area contributed by atoms with Gasteiger partial charge in [0.05, 0.1) is 0 Å². The Morgan fingerprint density at radius 3 is 2.75 bits per heavy atom. The lowest BCUT2D eigenvalue weighted by molar-refractivity contribution is 0.516. The van der Waals surface area contributed by atoms with Gasteiger partial charge < -0.3 is 5.73 Å². The quantitative estimate of drug-likeness (QED) is 0.544. The summed E-state index contributed by atoms with van der Waals surface area (Å²) in [6.07, 6.45) is 6.31. The van der Waals surface area contributed by atoms with E-state index in [0.29, 0.717) is 6.04 Å². The standard InChI is InChI=1S/C7H14N/c1-6(8)7-4-2-3-5-7/h4,6-7H,2-3,5,8H2,1H3. The second-order valence-corrected chi connectivity index (χ2v) is 2.69. The minimum absolute atomic E-state index is 0.387. The Morgan fingerprint density at radius 2 is 2.50 bits per heavy atom. The highest BCUT2D eigenvalue weighted by molar-refractivity contribution is 4.87. The van der Waals surface area contributed by atoms with Crippen molar-refractivity contribution >= 4 is 0 Å². The van der Waals surface area contributed by atoms with Gasteiger partial charge >= 0.3 is 0 Å². The van der Waals surface area contributed by atoms with Crippen LogP contribution in [0.2, 0.25) is 0 Å². The zero-order chi connectivity index (χ0) is 5.98.